The van der Waals surface area contributed by atoms with Crippen LogP contribution in [0.1, 0.15) is 39.5 Å². The molecule has 0 saturated heterocycles. The first kappa shape index (κ1) is 20.6. The molecule has 1 aromatic heterocycles. The zero-order valence-electron chi connectivity index (χ0n) is 16.3. The number of hydrogen-bond donors (Lipinski definition) is 1. The largest absolute Gasteiger partial charge is 0.469 e. The Morgan fingerprint density at radius 2 is 1.90 bits per heavy atom. The van der Waals surface area contributed by atoms with E-state index in [9.17, 15) is 9.59 Å². The van der Waals surface area contributed by atoms with Crippen LogP contribution in [-0.4, -0.2) is 28.8 Å². The summed E-state index contributed by atoms with van der Waals surface area (Å²) in [6.45, 7) is 2.43. The fourth-order valence-corrected chi connectivity index (χ4v) is 3.11. The highest BCUT2D eigenvalue weighted by atomic mass is 35.5. The van der Waals surface area contributed by atoms with E-state index in [4.69, 9.17) is 16.3 Å². The van der Waals surface area contributed by atoms with Crippen LogP contribution in [0.25, 0.3) is 0 Å². The lowest BCUT2D eigenvalue weighted by Gasteiger charge is -2.18. The van der Waals surface area contributed by atoms with E-state index in [0.717, 1.165) is 16.7 Å². The molecule has 6 nitrogen and oxygen atoms in total. The van der Waals surface area contributed by atoms with Gasteiger partial charge in [0.2, 0.25) is 0 Å². The molecule has 0 saturated carbocycles. The van der Waals surface area contributed by atoms with Crippen LogP contribution in [0.3, 0.4) is 0 Å². The summed E-state index contributed by atoms with van der Waals surface area (Å²) in [6.07, 6.45) is 3.19. The first-order chi connectivity index (χ1) is 14.0. The van der Waals surface area contributed by atoms with Gasteiger partial charge in [-0.2, -0.15) is 5.10 Å². The summed E-state index contributed by atoms with van der Waals surface area (Å²) in [7, 11) is 1.33. The molecule has 150 valence electrons. The van der Waals surface area contributed by atoms with E-state index in [1.54, 1.807) is 10.9 Å². The molecule has 1 heterocycles. The highest BCUT2D eigenvalue weighted by molar-refractivity contribution is 6.31. The fourth-order valence-electron chi connectivity index (χ4n) is 2.91. The zero-order chi connectivity index (χ0) is 20.8. The van der Waals surface area contributed by atoms with Crippen molar-refractivity contribution in [2.75, 3.05) is 7.11 Å². The number of benzene rings is 2. The van der Waals surface area contributed by atoms with Crippen molar-refractivity contribution < 1.29 is 14.3 Å². The van der Waals surface area contributed by atoms with Crippen molar-refractivity contribution in [1.82, 2.24) is 15.1 Å². The number of nitrogens with zero attached hydrogens (tertiary/aromatic N) is 2. The average Bonchev–Trinajstić information content (AvgIpc) is 3.18. The van der Waals surface area contributed by atoms with Crippen LogP contribution >= 0.6 is 11.6 Å². The van der Waals surface area contributed by atoms with Crippen LogP contribution in [0.2, 0.25) is 5.02 Å². The number of rotatable bonds is 7. The van der Waals surface area contributed by atoms with Crippen LogP contribution < -0.4 is 5.32 Å². The Labute approximate surface area is 174 Å². The van der Waals surface area contributed by atoms with E-state index in [0.29, 0.717) is 17.1 Å². The summed E-state index contributed by atoms with van der Waals surface area (Å²) in [5.74, 6) is -0.713. The molecule has 0 fully saturated rings. The second kappa shape index (κ2) is 9.39. The first-order valence-electron chi connectivity index (χ1n) is 9.16. The van der Waals surface area contributed by atoms with Crippen molar-refractivity contribution in [2.45, 2.75) is 25.9 Å². The minimum absolute atomic E-state index is 0.0407. The minimum atomic E-state index is -0.498. The van der Waals surface area contributed by atoms with Crippen molar-refractivity contribution in [3.63, 3.8) is 0 Å². The molecule has 29 heavy (non-hydrogen) atoms. The summed E-state index contributed by atoms with van der Waals surface area (Å²) in [5, 5.41) is 7.80. The Morgan fingerprint density at radius 3 is 2.59 bits per heavy atom. The van der Waals surface area contributed by atoms with Gasteiger partial charge >= 0.3 is 5.97 Å². The van der Waals surface area contributed by atoms with Crippen molar-refractivity contribution in [3.05, 3.63) is 88.2 Å². The smallest absolute Gasteiger partial charge is 0.307 e. The Hall–Kier alpha value is -3.12. The number of carbonyl (C=O) groups excluding carboxylic acids is 2. The lowest BCUT2D eigenvalue weighted by molar-refractivity contribution is -0.141. The fraction of sp³-hybridized carbons (Fsp3) is 0.227. The van der Waals surface area contributed by atoms with Gasteiger partial charge in [0.15, 0.2) is 0 Å². The molecule has 0 radical (unpaired) electrons. The normalized spacial score (nSPS) is 11.7. The molecule has 0 bridgehead atoms. The van der Waals surface area contributed by atoms with Crippen LogP contribution in [0.4, 0.5) is 0 Å². The monoisotopic (exact) mass is 411 g/mol. The average molecular weight is 412 g/mol. The third kappa shape index (κ3) is 5.45. The molecular weight excluding hydrogens is 390 g/mol. The third-order valence-electron chi connectivity index (χ3n) is 4.57. The van der Waals surface area contributed by atoms with Crippen molar-refractivity contribution in [3.8, 4) is 0 Å². The maximum absolute atomic E-state index is 12.8. The van der Waals surface area contributed by atoms with E-state index < -0.39 is 12.0 Å². The van der Waals surface area contributed by atoms with Gasteiger partial charge < -0.3 is 10.1 Å². The summed E-state index contributed by atoms with van der Waals surface area (Å²) in [5.41, 5.74) is 3.24. The molecule has 0 aliphatic rings. The number of aryl methyl sites for hydroxylation is 1. The highest BCUT2D eigenvalue weighted by Crippen LogP contribution is 2.20. The molecule has 1 atom stereocenters. The van der Waals surface area contributed by atoms with Crippen LogP contribution in [0, 0.1) is 6.92 Å². The number of ether oxygens (including phenoxy) is 1. The summed E-state index contributed by atoms with van der Waals surface area (Å²) >= 11 is 6.19. The predicted molar refractivity (Wildman–Crippen MR) is 111 cm³/mol. The summed E-state index contributed by atoms with van der Waals surface area (Å²) in [6, 6.07) is 14.6. The number of carbonyl (C=O) groups is 2. The van der Waals surface area contributed by atoms with Gasteiger partial charge in [-0.25, -0.2) is 0 Å². The second-order valence-electron chi connectivity index (χ2n) is 6.73. The van der Waals surface area contributed by atoms with E-state index in [1.807, 2.05) is 55.5 Å². The summed E-state index contributed by atoms with van der Waals surface area (Å²) < 4.78 is 6.43. The molecule has 1 amide bonds. The van der Waals surface area contributed by atoms with Gasteiger partial charge in [0.1, 0.15) is 0 Å². The predicted octanol–water partition coefficient (Wildman–Crippen LogP) is 3.93. The number of aromatic nitrogens is 2. The van der Waals surface area contributed by atoms with Gasteiger partial charge in [-0.05, 0) is 24.1 Å². The molecule has 0 spiro atoms. The van der Waals surface area contributed by atoms with Gasteiger partial charge in [-0.3, -0.25) is 14.3 Å². The highest BCUT2D eigenvalue weighted by Gasteiger charge is 2.20. The topological polar surface area (TPSA) is 73.2 Å². The van der Waals surface area contributed by atoms with Gasteiger partial charge in [0, 0.05) is 11.2 Å². The number of amides is 1. The lowest BCUT2D eigenvalue weighted by atomic mass is 10.0. The van der Waals surface area contributed by atoms with E-state index >= 15 is 0 Å². The second-order valence-corrected chi connectivity index (χ2v) is 7.14. The maximum atomic E-state index is 12.8. The van der Waals surface area contributed by atoms with Crippen LogP contribution in [-0.2, 0) is 16.1 Å². The molecular formula is C22H22ClN3O3. The maximum Gasteiger partial charge on any atom is 0.307 e. The number of nitrogens with one attached hydrogen (secondary N) is 1. The zero-order valence-corrected chi connectivity index (χ0v) is 17.0. The van der Waals surface area contributed by atoms with Crippen molar-refractivity contribution in [1.29, 1.82) is 0 Å². The molecule has 3 rings (SSSR count). The Kier molecular flexibility index (Phi) is 6.67. The van der Waals surface area contributed by atoms with E-state index in [2.05, 4.69) is 10.4 Å². The van der Waals surface area contributed by atoms with E-state index in [1.165, 1.54) is 13.3 Å². The van der Waals surface area contributed by atoms with Crippen LogP contribution in [0.15, 0.2) is 60.9 Å². The molecule has 3 aromatic rings. The SMILES string of the molecule is COC(=O)C[C@@H](NC(=O)c1cnn(Cc2ccccc2Cl)c1)c1ccc(C)cc1. The third-order valence-corrected chi connectivity index (χ3v) is 4.94. The van der Waals surface area contributed by atoms with Gasteiger partial charge in [-0.1, -0.05) is 59.6 Å². The standard InChI is InChI=1S/C22H22ClN3O3/c1-15-7-9-16(10-8-15)20(11-21(27)29-2)25-22(28)18-12-24-26(14-18)13-17-5-3-4-6-19(17)23/h3-10,12,14,20H,11,13H2,1-2H3,(H,25,28)/t20-/m1/s1. The van der Waals surface area contributed by atoms with Gasteiger partial charge in [0.05, 0.1) is 37.9 Å². The Balaban J connectivity index is 1.74. The molecule has 0 aliphatic carbocycles. The minimum Gasteiger partial charge on any atom is -0.469 e. The number of esters is 1. The Bertz CT molecular complexity index is 999. The molecule has 1 N–H and O–H groups in total. The number of methoxy groups -OCH3 is 1. The molecule has 7 heteroatoms. The first-order valence-corrected chi connectivity index (χ1v) is 9.54. The summed E-state index contributed by atoms with van der Waals surface area (Å²) in [4.78, 5) is 24.6. The van der Waals surface area contributed by atoms with Crippen molar-refractivity contribution in [2.24, 2.45) is 0 Å². The number of halogens is 1. The van der Waals surface area contributed by atoms with Crippen molar-refractivity contribution >= 4 is 23.5 Å². The van der Waals surface area contributed by atoms with Gasteiger partial charge in [-0.15, -0.1) is 0 Å². The molecule has 0 aliphatic heterocycles. The quantitative estimate of drug-likeness (QED) is 0.598. The van der Waals surface area contributed by atoms with Gasteiger partial charge in [0.25, 0.3) is 5.91 Å². The Morgan fingerprint density at radius 1 is 1.17 bits per heavy atom. The van der Waals surface area contributed by atoms with Crippen LogP contribution in [0.5, 0.6) is 0 Å². The molecule has 2 aromatic carbocycles. The number of hydrogen-bond acceptors (Lipinski definition) is 4. The molecule has 0 unspecified atom stereocenters. The lowest BCUT2D eigenvalue weighted by Crippen LogP contribution is -2.30. The van der Waals surface area contributed by atoms with E-state index in [-0.39, 0.29) is 12.3 Å².